The molecule has 0 heterocycles. The molecule has 18 heavy (non-hydrogen) atoms. The van der Waals surface area contributed by atoms with Crippen LogP contribution < -0.4 is 5.32 Å². The minimum absolute atomic E-state index is 0.131. The maximum atomic E-state index is 11.8. The molecule has 0 saturated carbocycles. The molecule has 1 aromatic carbocycles. The number of hydrogen-bond donors (Lipinski definition) is 2. The van der Waals surface area contributed by atoms with Crippen molar-refractivity contribution in [3.05, 3.63) is 34.3 Å². The number of halogens is 1. The number of aliphatic carboxylic acids is 1. The highest BCUT2D eigenvalue weighted by Crippen LogP contribution is 2.16. The summed E-state index contributed by atoms with van der Waals surface area (Å²) in [6, 6.07) is 4.95. The quantitative estimate of drug-likeness (QED) is 0.863. The van der Waals surface area contributed by atoms with Gasteiger partial charge in [-0.05, 0) is 37.1 Å². The number of benzene rings is 1. The Kier molecular flexibility index (Phi) is 5.16. The summed E-state index contributed by atoms with van der Waals surface area (Å²) in [6.07, 6.45) is 0.481. The largest absolute Gasteiger partial charge is 0.481 e. The molecule has 0 aliphatic rings. The topological polar surface area (TPSA) is 66.4 Å². The first-order valence-corrected chi connectivity index (χ1v) is 6.10. The Balaban J connectivity index is 2.65. The van der Waals surface area contributed by atoms with Crippen LogP contribution in [0.25, 0.3) is 0 Å². The fourth-order valence-corrected chi connectivity index (χ4v) is 1.63. The highest BCUT2D eigenvalue weighted by atomic mass is 35.5. The van der Waals surface area contributed by atoms with Gasteiger partial charge >= 0.3 is 5.97 Å². The lowest BCUT2D eigenvalue weighted by atomic mass is 10.1. The van der Waals surface area contributed by atoms with Crippen molar-refractivity contribution in [1.82, 2.24) is 5.32 Å². The van der Waals surface area contributed by atoms with Gasteiger partial charge in [0.25, 0.3) is 5.91 Å². The molecular formula is C13H16ClNO3. The van der Waals surface area contributed by atoms with Gasteiger partial charge in [0.05, 0.1) is 5.92 Å². The van der Waals surface area contributed by atoms with Crippen molar-refractivity contribution in [2.24, 2.45) is 5.92 Å². The second-order valence-electron chi connectivity index (χ2n) is 4.12. The van der Waals surface area contributed by atoms with E-state index in [0.717, 1.165) is 5.56 Å². The van der Waals surface area contributed by atoms with Gasteiger partial charge in [-0.15, -0.1) is 0 Å². The number of carboxylic acid groups (broad SMARTS) is 1. The number of hydrogen-bond acceptors (Lipinski definition) is 2. The van der Waals surface area contributed by atoms with Gasteiger partial charge in [0.1, 0.15) is 0 Å². The molecule has 0 aliphatic carbocycles. The first kappa shape index (κ1) is 14.5. The van der Waals surface area contributed by atoms with Gasteiger partial charge in [0, 0.05) is 17.1 Å². The molecule has 0 bridgehead atoms. The number of nitrogens with one attached hydrogen (secondary N) is 1. The molecule has 0 radical (unpaired) electrons. The van der Waals surface area contributed by atoms with E-state index in [0.29, 0.717) is 17.0 Å². The van der Waals surface area contributed by atoms with E-state index in [9.17, 15) is 9.59 Å². The van der Waals surface area contributed by atoms with Crippen LogP contribution in [0.3, 0.4) is 0 Å². The zero-order valence-electron chi connectivity index (χ0n) is 10.4. The minimum atomic E-state index is -0.898. The predicted molar refractivity (Wildman–Crippen MR) is 69.9 cm³/mol. The molecule has 1 amide bonds. The lowest BCUT2D eigenvalue weighted by Gasteiger charge is -2.11. The molecule has 0 spiro atoms. The van der Waals surface area contributed by atoms with Crippen molar-refractivity contribution in [3.8, 4) is 0 Å². The van der Waals surface area contributed by atoms with Crippen molar-refractivity contribution in [3.63, 3.8) is 0 Å². The maximum absolute atomic E-state index is 11.8. The van der Waals surface area contributed by atoms with Gasteiger partial charge in [0.2, 0.25) is 0 Å². The lowest BCUT2D eigenvalue weighted by Crippen LogP contribution is -2.32. The molecule has 2 N–H and O–H groups in total. The van der Waals surface area contributed by atoms with Crippen molar-refractivity contribution in [2.45, 2.75) is 20.3 Å². The van der Waals surface area contributed by atoms with Crippen molar-refractivity contribution in [1.29, 1.82) is 0 Å². The molecule has 98 valence electrons. The lowest BCUT2D eigenvalue weighted by molar-refractivity contribution is -0.141. The number of carbonyl (C=O) groups excluding carboxylic acids is 1. The summed E-state index contributed by atoms with van der Waals surface area (Å²) in [5.41, 5.74) is 1.30. The number of rotatable bonds is 5. The van der Waals surface area contributed by atoms with Gasteiger partial charge in [0.15, 0.2) is 0 Å². The monoisotopic (exact) mass is 269 g/mol. The van der Waals surface area contributed by atoms with Crippen LogP contribution >= 0.6 is 11.6 Å². The summed E-state index contributed by atoms with van der Waals surface area (Å²) in [5, 5.41) is 12.1. The fraction of sp³-hybridized carbons (Fsp3) is 0.385. The standard InChI is InChI=1S/C13H16ClNO3/c1-3-9(13(17)18)7-15-12(16)10-4-5-11(14)8(2)6-10/h4-6,9H,3,7H2,1-2H3,(H,15,16)(H,17,18). The molecule has 1 rings (SSSR count). The van der Waals surface area contributed by atoms with Crippen molar-refractivity contribution < 1.29 is 14.7 Å². The summed E-state index contributed by atoms with van der Waals surface area (Å²) >= 11 is 5.87. The second-order valence-corrected chi connectivity index (χ2v) is 4.52. The van der Waals surface area contributed by atoms with E-state index in [2.05, 4.69) is 5.32 Å². The number of amides is 1. The van der Waals surface area contributed by atoms with Crippen LogP contribution in [0, 0.1) is 12.8 Å². The number of carbonyl (C=O) groups is 2. The molecule has 1 aromatic rings. The van der Waals surface area contributed by atoms with Crippen molar-refractivity contribution in [2.75, 3.05) is 6.54 Å². The first-order chi connectivity index (χ1) is 8.45. The number of aryl methyl sites for hydroxylation is 1. The van der Waals surface area contributed by atoms with E-state index >= 15 is 0 Å². The average Bonchev–Trinajstić information content (AvgIpc) is 2.32. The SMILES string of the molecule is CCC(CNC(=O)c1ccc(Cl)c(C)c1)C(=O)O. The van der Waals surface area contributed by atoms with E-state index < -0.39 is 11.9 Å². The number of carboxylic acids is 1. The third-order valence-corrected chi connectivity index (χ3v) is 3.20. The zero-order chi connectivity index (χ0) is 13.7. The molecule has 4 nitrogen and oxygen atoms in total. The van der Waals surface area contributed by atoms with Crippen molar-refractivity contribution >= 4 is 23.5 Å². The molecule has 1 atom stereocenters. The third kappa shape index (κ3) is 3.74. The van der Waals surface area contributed by atoms with Crippen LogP contribution in [0.5, 0.6) is 0 Å². The summed E-state index contributed by atoms with van der Waals surface area (Å²) < 4.78 is 0. The maximum Gasteiger partial charge on any atom is 0.308 e. The van der Waals surface area contributed by atoms with Crippen LogP contribution in [-0.2, 0) is 4.79 Å². The molecule has 0 aliphatic heterocycles. The van der Waals surface area contributed by atoms with Crippen LogP contribution in [0.1, 0.15) is 29.3 Å². The molecule has 1 unspecified atom stereocenters. The third-order valence-electron chi connectivity index (χ3n) is 2.77. The van der Waals surface area contributed by atoms with Crippen LogP contribution in [0.15, 0.2) is 18.2 Å². The van der Waals surface area contributed by atoms with E-state index in [1.807, 2.05) is 6.92 Å². The summed E-state index contributed by atoms with van der Waals surface area (Å²) in [5.74, 6) is -1.73. The molecule has 5 heteroatoms. The summed E-state index contributed by atoms with van der Waals surface area (Å²) in [7, 11) is 0. The first-order valence-electron chi connectivity index (χ1n) is 5.72. The van der Waals surface area contributed by atoms with Gasteiger partial charge in [-0.1, -0.05) is 18.5 Å². The highest BCUT2D eigenvalue weighted by Gasteiger charge is 2.16. The average molecular weight is 270 g/mol. The Morgan fingerprint density at radius 1 is 1.44 bits per heavy atom. The van der Waals surface area contributed by atoms with E-state index in [-0.39, 0.29) is 12.5 Å². The van der Waals surface area contributed by atoms with Crippen LogP contribution in [0.4, 0.5) is 0 Å². The normalized spacial score (nSPS) is 11.9. The Bertz CT molecular complexity index is 460. The van der Waals surface area contributed by atoms with Gasteiger partial charge in [-0.3, -0.25) is 9.59 Å². The van der Waals surface area contributed by atoms with Gasteiger partial charge in [-0.25, -0.2) is 0 Å². The minimum Gasteiger partial charge on any atom is -0.481 e. The Hall–Kier alpha value is -1.55. The van der Waals surface area contributed by atoms with Gasteiger partial charge in [-0.2, -0.15) is 0 Å². The Labute approximate surface area is 111 Å². The van der Waals surface area contributed by atoms with Gasteiger partial charge < -0.3 is 10.4 Å². The van der Waals surface area contributed by atoms with E-state index in [1.165, 1.54) is 0 Å². The molecular weight excluding hydrogens is 254 g/mol. The fourth-order valence-electron chi connectivity index (χ4n) is 1.51. The highest BCUT2D eigenvalue weighted by molar-refractivity contribution is 6.31. The summed E-state index contributed by atoms with van der Waals surface area (Å²) in [4.78, 5) is 22.6. The Morgan fingerprint density at radius 3 is 2.61 bits per heavy atom. The summed E-state index contributed by atoms with van der Waals surface area (Å²) in [6.45, 7) is 3.72. The molecule has 0 saturated heterocycles. The zero-order valence-corrected chi connectivity index (χ0v) is 11.1. The van der Waals surface area contributed by atoms with E-state index in [4.69, 9.17) is 16.7 Å². The smallest absolute Gasteiger partial charge is 0.308 e. The molecule has 0 fully saturated rings. The van der Waals surface area contributed by atoms with E-state index in [1.54, 1.807) is 25.1 Å². The van der Waals surface area contributed by atoms with Crippen LogP contribution in [-0.4, -0.2) is 23.5 Å². The van der Waals surface area contributed by atoms with Crippen LogP contribution in [0.2, 0.25) is 5.02 Å². The molecule has 0 aromatic heterocycles. The second kappa shape index (κ2) is 6.40. The predicted octanol–water partition coefficient (Wildman–Crippen LogP) is 2.49. The Morgan fingerprint density at radius 2 is 2.11 bits per heavy atom.